The maximum atomic E-state index is 11.9. The molecule has 1 aromatic rings. The van der Waals surface area contributed by atoms with E-state index in [1.165, 1.54) is 11.3 Å². The van der Waals surface area contributed by atoms with Crippen molar-refractivity contribution >= 4 is 17.2 Å². The molecular weight excluding hydrogens is 232 g/mol. The molecule has 1 aromatic heterocycles. The zero-order valence-corrected chi connectivity index (χ0v) is 11.1. The first-order valence-corrected chi connectivity index (χ1v) is 7.20. The third-order valence-corrected chi connectivity index (χ3v) is 4.29. The first-order valence-electron chi connectivity index (χ1n) is 6.32. The average Bonchev–Trinajstić information content (AvgIpc) is 2.90. The van der Waals surface area contributed by atoms with Crippen molar-refractivity contribution in [1.29, 1.82) is 0 Å². The van der Waals surface area contributed by atoms with Crippen LogP contribution in [-0.2, 0) is 4.79 Å². The third-order valence-electron chi connectivity index (χ3n) is 3.24. The minimum absolute atomic E-state index is 0.244. The summed E-state index contributed by atoms with van der Waals surface area (Å²) >= 11 is 1.73. The van der Waals surface area contributed by atoms with Gasteiger partial charge in [-0.25, -0.2) is 0 Å². The molecule has 1 atom stereocenters. The molecule has 17 heavy (non-hydrogen) atoms. The number of hydrogen-bond acceptors (Lipinski definition) is 3. The summed E-state index contributed by atoms with van der Waals surface area (Å²) in [7, 11) is 0. The van der Waals surface area contributed by atoms with Gasteiger partial charge in [-0.3, -0.25) is 4.79 Å². The highest BCUT2D eigenvalue weighted by Crippen LogP contribution is 2.17. The van der Waals surface area contributed by atoms with Gasteiger partial charge in [0, 0.05) is 24.0 Å². The number of rotatable bonds is 4. The summed E-state index contributed by atoms with van der Waals surface area (Å²) < 4.78 is 0. The quantitative estimate of drug-likeness (QED) is 0.892. The maximum absolute atomic E-state index is 11.9. The molecule has 1 amide bonds. The Bertz CT molecular complexity index is 344. The number of amides is 1. The van der Waals surface area contributed by atoms with Crippen molar-refractivity contribution in [3.63, 3.8) is 0 Å². The summed E-state index contributed by atoms with van der Waals surface area (Å²) in [5.41, 5.74) is 0. The molecule has 1 fully saturated rings. The normalized spacial score (nSPS) is 18.1. The number of likely N-dealkylation sites (tertiary alicyclic amines) is 1. The van der Waals surface area contributed by atoms with E-state index in [0.717, 1.165) is 25.9 Å². The second-order valence-corrected chi connectivity index (χ2v) is 5.54. The van der Waals surface area contributed by atoms with Gasteiger partial charge >= 0.3 is 0 Å². The fourth-order valence-corrected chi connectivity index (χ4v) is 2.89. The summed E-state index contributed by atoms with van der Waals surface area (Å²) in [6, 6.07) is 4.42. The molecule has 2 heterocycles. The Labute approximate surface area is 107 Å². The number of nitrogens with zero attached hydrogens (tertiary/aromatic N) is 1. The highest BCUT2D eigenvalue weighted by atomic mass is 32.1. The van der Waals surface area contributed by atoms with Gasteiger partial charge in [-0.15, -0.1) is 11.3 Å². The zero-order valence-electron chi connectivity index (χ0n) is 10.3. The van der Waals surface area contributed by atoms with Crippen LogP contribution in [0.1, 0.15) is 37.1 Å². The minimum atomic E-state index is 0.244. The molecule has 0 aliphatic carbocycles. The van der Waals surface area contributed by atoms with Crippen molar-refractivity contribution in [3.05, 3.63) is 22.4 Å². The van der Waals surface area contributed by atoms with Crippen LogP contribution >= 0.6 is 11.3 Å². The first-order chi connectivity index (χ1) is 8.27. The van der Waals surface area contributed by atoms with Gasteiger partial charge in [0.05, 0.1) is 6.54 Å². The Kier molecular flexibility index (Phi) is 4.57. The van der Waals surface area contributed by atoms with Crippen molar-refractivity contribution < 1.29 is 4.79 Å². The first kappa shape index (κ1) is 12.6. The predicted molar refractivity (Wildman–Crippen MR) is 71.2 cm³/mol. The van der Waals surface area contributed by atoms with Gasteiger partial charge in [0.1, 0.15) is 0 Å². The maximum Gasteiger partial charge on any atom is 0.236 e. The molecule has 4 heteroatoms. The molecule has 0 spiro atoms. The molecule has 2 rings (SSSR count). The van der Waals surface area contributed by atoms with E-state index in [1.54, 1.807) is 11.3 Å². The molecule has 1 aliphatic rings. The van der Waals surface area contributed by atoms with E-state index in [2.05, 4.69) is 23.7 Å². The lowest BCUT2D eigenvalue weighted by Crippen LogP contribution is -2.41. The number of thiophene rings is 1. The summed E-state index contributed by atoms with van der Waals surface area (Å²) in [6.07, 6.45) is 3.58. The van der Waals surface area contributed by atoms with Gasteiger partial charge in [0.25, 0.3) is 0 Å². The molecule has 0 radical (unpaired) electrons. The molecule has 1 N–H and O–H groups in total. The third kappa shape index (κ3) is 3.54. The second kappa shape index (κ2) is 6.17. The standard InChI is InChI=1S/C13H20N2OS/c1-11(12-6-5-9-17-12)14-10-13(16)15-7-3-2-4-8-15/h5-6,9,11,14H,2-4,7-8,10H2,1H3/t11-/m1/s1. The Morgan fingerprint density at radius 3 is 2.88 bits per heavy atom. The van der Waals surface area contributed by atoms with Crippen molar-refractivity contribution in [1.82, 2.24) is 10.2 Å². The number of carbonyl (C=O) groups is 1. The lowest BCUT2D eigenvalue weighted by atomic mass is 10.1. The van der Waals surface area contributed by atoms with Gasteiger partial charge in [-0.05, 0) is 37.6 Å². The Morgan fingerprint density at radius 2 is 2.24 bits per heavy atom. The van der Waals surface area contributed by atoms with E-state index in [0.29, 0.717) is 6.54 Å². The lowest BCUT2D eigenvalue weighted by Gasteiger charge is -2.27. The molecule has 0 saturated carbocycles. The molecule has 0 unspecified atom stereocenters. The molecule has 94 valence electrons. The van der Waals surface area contributed by atoms with Crippen LogP contribution in [0.15, 0.2) is 17.5 Å². The van der Waals surface area contributed by atoms with E-state index < -0.39 is 0 Å². The number of piperidine rings is 1. The van der Waals surface area contributed by atoms with Crippen LogP contribution in [-0.4, -0.2) is 30.4 Å². The molecule has 0 aromatic carbocycles. The van der Waals surface area contributed by atoms with E-state index >= 15 is 0 Å². The summed E-state index contributed by atoms with van der Waals surface area (Å²) in [4.78, 5) is 15.2. The second-order valence-electron chi connectivity index (χ2n) is 4.56. The van der Waals surface area contributed by atoms with E-state index in [9.17, 15) is 4.79 Å². The van der Waals surface area contributed by atoms with Crippen molar-refractivity contribution in [2.45, 2.75) is 32.2 Å². The largest absolute Gasteiger partial charge is 0.342 e. The van der Waals surface area contributed by atoms with Gasteiger partial charge in [0.2, 0.25) is 5.91 Å². The van der Waals surface area contributed by atoms with Crippen molar-refractivity contribution in [3.8, 4) is 0 Å². The van der Waals surface area contributed by atoms with Crippen LogP contribution in [0.2, 0.25) is 0 Å². The Hall–Kier alpha value is -0.870. The highest BCUT2D eigenvalue weighted by molar-refractivity contribution is 7.10. The van der Waals surface area contributed by atoms with Crippen LogP contribution in [0.5, 0.6) is 0 Å². The monoisotopic (exact) mass is 252 g/mol. The molecule has 0 bridgehead atoms. The van der Waals surface area contributed by atoms with E-state index in [-0.39, 0.29) is 11.9 Å². The molecular formula is C13H20N2OS. The highest BCUT2D eigenvalue weighted by Gasteiger charge is 2.17. The van der Waals surface area contributed by atoms with E-state index in [1.807, 2.05) is 11.0 Å². The van der Waals surface area contributed by atoms with Gasteiger partial charge in [-0.1, -0.05) is 6.07 Å². The average molecular weight is 252 g/mol. The van der Waals surface area contributed by atoms with Crippen LogP contribution in [0.4, 0.5) is 0 Å². The van der Waals surface area contributed by atoms with E-state index in [4.69, 9.17) is 0 Å². The predicted octanol–water partition coefficient (Wildman–Crippen LogP) is 2.41. The number of carbonyl (C=O) groups excluding carboxylic acids is 1. The van der Waals surface area contributed by atoms with Gasteiger partial charge in [-0.2, -0.15) is 0 Å². The fraction of sp³-hybridized carbons (Fsp3) is 0.615. The van der Waals surface area contributed by atoms with Crippen LogP contribution in [0, 0.1) is 0 Å². The summed E-state index contributed by atoms with van der Waals surface area (Å²) in [5.74, 6) is 0.244. The number of nitrogens with one attached hydrogen (secondary N) is 1. The van der Waals surface area contributed by atoms with Gasteiger partial charge < -0.3 is 10.2 Å². The Morgan fingerprint density at radius 1 is 1.47 bits per heavy atom. The minimum Gasteiger partial charge on any atom is -0.342 e. The van der Waals surface area contributed by atoms with Crippen LogP contribution in [0.3, 0.4) is 0 Å². The molecule has 1 saturated heterocycles. The zero-order chi connectivity index (χ0) is 12.1. The van der Waals surface area contributed by atoms with Crippen molar-refractivity contribution in [2.75, 3.05) is 19.6 Å². The summed E-state index contributed by atoms with van der Waals surface area (Å²) in [6.45, 7) is 4.44. The Balaban J connectivity index is 1.75. The molecule has 1 aliphatic heterocycles. The van der Waals surface area contributed by atoms with Crippen LogP contribution < -0.4 is 5.32 Å². The summed E-state index contributed by atoms with van der Waals surface area (Å²) in [5, 5.41) is 5.37. The topological polar surface area (TPSA) is 32.3 Å². The lowest BCUT2D eigenvalue weighted by molar-refractivity contribution is -0.131. The smallest absolute Gasteiger partial charge is 0.236 e. The number of hydrogen-bond donors (Lipinski definition) is 1. The SMILES string of the molecule is C[C@@H](NCC(=O)N1CCCCC1)c1cccs1. The fourth-order valence-electron chi connectivity index (χ4n) is 2.13. The van der Waals surface area contributed by atoms with Gasteiger partial charge in [0.15, 0.2) is 0 Å². The van der Waals surface area contributed by atoms with Crippen LogP contribution in [0.25, 0.3) is 0 Å². The van der Waals surface area contributed by atoms with Crippen molar-refractivity contribution in [2.24, 2.45) is 0 Å². The molecule has 3 nitrogen and oxygen atoms in total.